The Morgan fingerprint density at radius 1 is 1.27 bits per heavy atom. The van der Waals surface area contributed by atoms with Gasteiger partial charge >= 0.3 is 0 Å². The molecule has 0 aromatic heterocycles. The summed E-state index contributed by atoms with van der Waals surface area (Å²) in [7, 11) is 1.90. The van der Waals surface area contributed by atoms with Crippen LogP contribution in [0.25, 0.3) is 0 Å². The molecule has 0 aromatic rings. The summed E-state index contributed by atoms with van der Waals surface area (Å²) < 4.78 is 0. The molecule has 0 rings (SSSR count). The highest BCUT2D eigenvalue weighted by Gasteiger charge is 1.95. The SMILES string of the molecule is C=C/C=C(/C=C\C)C(\C=C/CC)=C\NC. The summed E-state index contributed by atoms with van der Waals surface area (Å²) in [5.41, 5.74) is 2.32. The molecule has 0 atom stereocenters. The number of hydrogen-bond acceptors (Lipinski definition) is 1. The third kappa shape index (κ3) is 5.74. The standard InChI is InChI=1S/C14H21N/c1-5-8-11-14(12-15-4)13(9-6-2)10-7-3/h6-12,15H,2,5H2,1,3-4H3/b10-7-,11-8-,13-9-,14-12+. The first-order chi connectivity index (χ1) is 7.29. The molecule has 0 bridgehead atoms. The topological polar surface area (TPSA) is 12.0 Å². The molecule has 0 spiro atoms. The summed E-state index contributed by atoms with van der Waals surface area (Å²) in [6.07, 6.45) is 15.2. The van der Waals surface area contributed by atoms with Crippen LogP contribution < -0.4 is 5.32 Å². The van der Waals surface area contributed by atoms with Crippen LogP contribution >= 0.6 is 0 Å². The van der Waals surface area contributed by atoms with Crippen LogP contribution in [-0.2, 0) is 0 Å². The summed E-state index contributed by atoms with van der Waals surface area (Å²) in [6.45, 7) is 7.86. The van der Waals surface area contributed by atoms with E-state index in [0.29, 0.717) is 0 Å². The first-order valence-electron chi connectivity index (χ1n) is 5.29. The van der Waals surface area contributed by atoms with Gasteiger partial charge < -0.3 is 5.32 Å². The van der Waals surface area contributed by atoms with E-state index in [9.17, 15) is 0 Å². The molecule has 0 amide bonds. The van der Waals surface area contributed by atoms with E-state index < -0.39 is 0 Å². The van der Waals surface area contributed by atoms with E-state index in [1.54, 1.807) is 6.08 Å². The van der Waals surface area contributed by atoms with Gasteiger partial charge in [0.15, 0.2) is 0 Å². The fourth-order valence-corrected chi connectivity index (χ4v) is 1.18. The second-order valence-electron chi connectivity index (χ2n) is 3.06. The van der Waals surface area contributed by atoms with Gasteiger partial charge in [0.05, 0.1) is 0 Å². The van der Waals surface area contributed by atoms with Crippen molar-refractivity contribution < 1.29 is 0 Å². The van der Waals surface area contributed by atoms with Crippen LogP contribution in [0.4, 0.5) is 0 Å². The summed E-state index contributed by atoms with van der Waals surface area (Å²) in [4.78, 5) is 0. The van der Waals surface area contributed by atoms with Crippen molar-refractivity contribution in [1.29, 1.82) is 0 Å². The monoisotopic (exact) mass is 203 g/mol. The minimum Gasteiger partial charge on any atom is -0.393 e. The first kappa shape index (κ1) is 13.5. The summed E-state index contributed by atoms with van der Waals surface area (Å²) in [5, 5.41) is 3.05. The van der Waals surface area contributed by atoms with E-state index in [2.05, 4.69) is 37.0 Å². The lowest BCUT2D eigenvalue weighted by atomic mass is 10.1. The fourth-order valence-electron chi connectivity index (χ4n) is 1.18. The zero-order valence-electron chi connectivity index (χ0n) is 9.96. The van der Waals surface area contributed by atoms with Gasteiger partial charge in [0.2, 0.25) is 0 Å². The molecule has 0 heterocycles. The predicted octanol–water partition coefficient (Wildman–Crippen LogP) is 3.74. The van der Waals surface area contributed by atoms with Crippen LogP contribution in [0.1, 0.15) is 20.3 Å². The van der Waals surface area contributed by atoms with Crippen LogP contribution in [0, 0.1) is 0 Å². The molecule has 0 saturated heterocycles. The molecule has 0 aliphatic rings. The molecule has 0 aromatic carbocycles. The minimum absolute atomic E-state index is 1.04. The van der Waals surface area contributed by atoms with Crippen molar-refractivity contribution in [3.05, 3.63) is 60.4 Å². The van der Waals surface area contributed by atoms with Crippen LogP contribution in [-0.4, -0.2) is 7.05 Å². The Hall–Kier alpha value is -1.50. The van der Waals surface area contributed by atoms with Crippen LogP contribution in [0.2, 0.25) is 0 Å². The highest BCUT2D eigenvalue weighted by molar-refractivity contribution is 5.47. The minimum atomic E-state index is 1.04. The molecule has 0 fully saturated rings. The molecular weight excluding hydrogens is 182 g/mol. The lowest BCUT2D eigenvalue weighted by Gasteiger charge is -2.03. The second-order valence-corrected chi connectivity index (χ2v) is 3.06. The molecule has 0 aliphatic carbocycles. The molecule has 0 saturated carbocycles. The van der Waals surface area contributed by atoms with E-state index in [-0.39, 0.29) is 0 Å². The third-order valence-electron chi connectivity index (χ3n) is 1.81. The summed E-state index contributed by atoms with van der Waals surface area (Å²) >= 11 is 0. The van der Waals surface area contributed by atoms with Gasteiger partial charge in [-0.25, -0.2) is 0 Å². The van der Waals surface area contributed by atoms with E-state index in [1.165, 1.54) is 0 Å². The van der Waals surface area contributed by atoms with Gasteiger partial charge in [0, 0.05) is 13.2 Å². The molecule has 15 heavy (non-hydrogen) atoms. The Balaban J connectivity index is 5.01. The van der Waals surface area contributed by atoms with Crippen molar-refractivity contribution in [2.75, 3.05) is 7.05 Å². The third-order valence-corrected chi connectivity index (χ3v) is 1.81. The van der Waals surface area contributed by atoms with E-state index in [0.717, 1.165) is 17.6 Å². The zero-order valence-corrected chi connectivity index (χ0v) is 9.96. The van der Waals surface area contributed by atoms with Crippen molar-refractivity contribution in [3.63, 3.8) is 0 Å². The predicted molar refractivity (Wildman–Crippen MR) is 69.7 cm³/mol. The second kappa shape index (κ2) is 9.07. The maximum absolute atomic E-state index is 3.72. The van der Waals surface area contributed by atoms with Crippen LogP contribution in [0.3, 0.4) is 0 Å². The lowest BCUT2D eigenvalue weighted by molar-refractivity contribution is 1.09. The maximum atomic E-state index is 3.72. The van der Waals surface area contributed by atoms with E-state index in [4.69, 9.17) is 0 Å². The Morgan fingerprint density at radius 2 is 2.00 bits per heavy atom. The molecule has 1 N–H and O–H groups in total. The Morgan fingerprint density at radius 3 is 2.47 bits per heavy atom. The van der Waals surface area contributed by atoms with Gasteiger partial charge in [-0.1, -0.05) is 50.0 Å². The molecule has 0 unspecified atom stereocenters. The molecular formula is C14H21N. The molecule has 1 nitrogen and oxygen atoms in total. The average molecular weight is 203 g/mol. The van der Waals surface area contributed by atoms with E-state index in [1.807, 2.05) is 32.3 Å². The smallest absolute Gasteiger partial charge is 0.00411 e. The van der Waals surface area contributed by atoms with Gasteiger partial charge in [-0.05, 0) is 24.5 Å². The number of allylic oxidation sites excluding steroid dienone is 8. The van der Waals surface area contributed by atoms with Gasteiger partial charge in [0.25, 0.3) is 0 Å². The quantitative estimate of drug-likeness (QED) is 0.648. The fraction of sp³-hybridized carbons (Fsp3) is 0.286. The van der Waals surface area contributed by atoms with Crippen LogP contribution in [0.5, 0.6) is 0 Å². The highest BCUT2D eigenvalue weighted by atomic mass is 14.8. The molecule has 1 heteroatoms. The summed E-state index contributed by atoms with van der Waals surface area (Å²) in [6, 6.07) is 0. The number of nitrogens with one attached hydrogen (secondary N) is 1. The Labute approximate surface area is 93.6 Å². The van der Waals surface area contributed by atoms with Crippen molar-refractivity contribution in [2.45, 2.75) is 20.3 Å². The van der Waals surface area contributed by atoms with Crippen LogP contribution in [0.15, 0.2) is 60.4 Å². The first-order valence-corrected chi connectivity index (χ1v) is 5.29. The zero-order chi connectivity index (χ0) is 11.5. The van der Waals surface area contributed by atoms with Gasteiger partial charge in [-0.15, -0.1) is 0 Å². The van der Waals surface area contributed by atoms with Crippen molar-refractivity contribution in [1.82, 2.24) is 5.32 Å². The van der Waals surface area contributed by atoms with Crippen molar-refractivity contribution in [3.8, 4) is 0 Å². The largest absolute Gasteiger partial charge is 0.393 e. The van der Waals surface area contributed by atoms with E-state index >= 15 is 0 Å². The molecule has 82 valence electrons. The highest BCUT2D eigenvalue weighted by Crippen LogP contribution is 2.13. The molecule has 0 radical (unpaired) electrons. The van der Waals surface area contributed by atoms with Gasteiger partial charge in [-0.2, -0.15) is 0 Å². The van der Waals surface area contributed by atoms with Crippen molar-refractivity contribution in [2.24, 2.45) is 0 Å². The maximum Gasteiger partial charge on any atom is 0.00411 e. The number of rotatable bonds is 6. The van der Waals surface area contributed by atoms with Gasteiger partial charge in [0.1, 0.15) is 0 Å². The Kier molecular flexibility index (Phi) is 8.16. The Bertz CT molecular complexity index is 290. The normalized spacial score (nSPS) is 13.8. The average Bonchev–Trinajstić information content (AvgIpc) is 2.24. The van der Waals surface area contributed by atoms with Gasteiger partial charge in [-0.3, -0.25) is 0 Å². The van der Waals surface area contributed by atoms with Crippen molar-refractivity contribution >= 4 is 0 Å². The summed E-state index contributed by atoms with van der Waals surface area (Å²) in [5.74, 6) is 0. The number of hydrogen-bond donors (Lipinski definition) is 1. The molecule has 0 aliphatic heterocycles. The lowest BCUT2D eigenvalue weighted by Crippen LogP contribution is -1.96.